The van der Waals surface area contributed by atoms with Crippen molar-refractivity contribution in [1.29, 1.82) is 0 Å². The van der Waals surface area contributed by atoms with Gasteiger partial charge in [0.25, 0.3) is 0 Å². The Hall–Kier alpha value is -2.51. The molecule has 2 atom stereocenters. The Balaban J connectivity index is 1.85. The highest BCUT2D eigenvalue weighted by molar-refractivity contribution is 5.80. The molecule has 0 bridgehead atoms. The Kier molecular flexibility index (Phi) is 3.75. The van der Waals surface area contributed by atoms with Crippen LogP contribution in [0.3, 0.4) is 0 Å². The van der Waals surface area contributed by atoms with Gasteiger partial charge in [-0.3, -0.25) is 0 Å². The highest BCUT2D eigenvalue weighted by Gasteiger charge is 2.31. The number of hydrogen-bond acceptors (Lipinski definition) is 4. The molecule has 120 valence electrons. The molecule has 8 heteroatoms. The molecule has 4 nitrogen and oxygen atoms in total. The summed E-state index contributed by atoms with van der Waals surface area (Å²) in [6.07, 6.45) is -1.44. The van der Waals surface area contributed by atoms with E-state index < -0.39 is 29.5 Å². The molecule has 0 saturated carbocycles. The fourth-order valence-corrected chi connectivity index (χ4v) is 2.23. The lowest BCUT2D eigenvalue weighted by atomic mass is 9.92. The van der Waals surface area contributed by atoms with Crippen LogP contribution in [0.25, 0.3) is 11.4 Å². The van der Waals surface area contributed by atoms with Crippen molar-refractivity contribution in [2.24, 2.45) is 10.9 Å². The van der Waals surface area contributed by atoms with Crippen molar-refractivity contribution in [2.75, 3.05) is 0 Å². The van der Waals surface area contributed by atoms with Crippen LogP contribution in [0.1, 0.15) is 24.3 Å². The van der Waals surface area contributed by atoms with Crippen LogP contribution in [0.5, 0.6) is 0 Å². The van der Waals surface area contributed by atoms with Crippen molar-refractivity contribution in [3.63, 3.8) is 0 Å². The van der Waals surface area contributed by atoms with Gasteiger partial charge in [0.15, 0.2) is 5.97 Å². The predicted molar refractivity (Wildman–Crippen MR) is 74.3 cm³/mol. The Morgan fingerprint density at radius 3 is 2.48 bits per heavy atom. The third-order valence-corrected chi connectivity index (χ3v) is 3.60. The molecule has 0 amide bonds. The average molecular weight is 325 g/mol. The lowest BCUT2D eigenvalue weighted by molar-refractivity contribution is -0.137. The summed E-state index contributed by atoms with van der Waals surface area (Å²) >= 11 is 0. The Morgan fingerprint density at radius 2 is 1.83 bits per heavy atom. The molecule has 0 saturated heterocycles. The van der Waals surface area contributed by atoms with Crippen molar-refractivity contribution in [3.8, 4) is 11.4 Å². The number of halogens is 4. The summed E-state index contributed by atoms with van der Waals surface area (Å²) in [6.45, 7) is 1.63. The molecule has 2 heterocycles. The van der Waals surface area contributed by atoms with Crippen molar-refractivity contribution in [2.45, 2.75) is 19.0 Å². The van der Waals surface area contributed by atoms with E-state index in [1.807, 2.05) is 0 Å². The molecule has 1 aromatic heterocycles. The van der Waals surface area contributed by atoms with E-state index in [-0.39, 0.29) is 11.7 Å². The predicted octanol–water partition coefficient (Wildman–Crippen LogP) is 4.37. The zero-order chi connectivity index (χ0) is 16.6. The highest BCUT2D eigenvalue weighted by atomic mass is 19.4. The van der Waals surface area contributed by atoms with E-state index in [4.69, 9.17) is 4.52 Å². The molecule has 23 heavy (non-hydrogen) atoms. The number of allylic oxidation sites excluding steroid dienone is 1. The average Bonchev–Trinajstić information content (AvgIpc) is 2.99. The summed E-state index contributed by atoms with van der Waals surface area (Å²) in [6, 6.07) is 4.42. The quantitative estimate of drug-likeness (QED) is 0.770. The van der Waals surface area contributed by atoms with Gasteiger partial charge in [-0.2, -0.15) is 22.5 Å². The number of aromatic nitrogens is 2. The van der Waals surface area contributed by atoms with Crippen LogP contribution in [0.2, 0.25) is 0 Å². The van der Waals surface area contributed by atoms with Gasteiger partial charge in [0.1, 0.15) is 0 Å². The maximum atomic E-state index is 13.5. The monoisotopic (exact) mass is 325 g/mol. The minimum atomic E-state index is -4.40. The zero-order valence-electron chi connectivity index (χ0n) is 11.9. The molecule has 0 radical (unpaired) electrons. The van der Waals surface area contributed by atoms with Crippen LogP contribution in [-0.2, 0) is 6.18 Å². The van der Waals surface area contributed by atoms with E-state index in [0.29, 0.717) is 5.56 Å². The summed E-state index contributed by atoms with van der Waals surface area (Å²) < 4.78 is 56.3. The van der Waals surface area contributed by atoms with Crippen LogP contribution < -0.4 is 0 Å². The highest BCUT2D eigenvalue weighted by Crippen LogP contribution is 2.32. The number of aliphatic imine (C=N–C) groups is 1. The number of hydrogen-bond donors (Lipinski definition) is 0. The maximum Gasteiger partial charge on any atom is 0.416 e. The van der Waals surface area contributed by atoms with E-state index in [0.717, 1.165) is 12.1 Å². The minimum absolute atomic E-state index is 0.150. The summed E-state index contributed by atoms with van der Waals surface area (Å²) in [7, 11) is 0. The molecule has 0 spiro atoms. The molecular formula is C15H11F4N3O. The first-order valence-electron chi connectivity index (χ1n) is 6.77. The van der Waals surface area contributed by atoms with Gasteiger partial charge in [0, 0.05) is 17.7 Å². The van der Waals surface area contributed by atoms with Gasteiger partial charge in [-0.1, -0.05) is 30.3 Å². The van der Waals surface area contributed by atoms with Gasteiger partial charge < -0.3 is 4.52 Å². The van der Waals surface area contributed by atoms with Gasteiger partial charge in [-0.25, -0.2) is 4.99 Å². The van der Waals surface area contributed by atoms with Crippen LogP contribution in [0.15, 0.2) is 46.1 Å². The van der Waals surface area contributed by atoms with Crippen LogP contribution in [0.4, 0.5) is 17.6 Å². The molecule has 0 N–H and O–H groups in total. The lowest BCUT2D eigenvalue weighted by Crippen LogP contribution is -2.17. The number of alkyl halides is 3. The summed E-state index contributed by atoms with van der Waals surface area (Å²) in [5.74, 6) is -1.19. The van der Waals surface area contributed by atoms with Crippen molar-refractivity contribution in [1.82, 2.24) is 10.1 Å². The molecule has 0 fully saturated rings. The van der Waals surface area contributed by atoms with Gasteiger partial charge in [0.05, 0.1) is 11.5 Å². The molecule has 2 unspecified atom stereocenters. The second-order valence-electron chi connectivity index (χ2n) is 5.14. The third kappa shape index (κ3) is 3.01. The maximum absolute atomic E-state index is 13.5. The first-order valence-corrected chi connectivity index (χ1v) is 6.77. The molecular weight excluding hydrogens is 314 g/mol. The summed E-state index contributed by atoms with van der Waals surface area (Å²) in [5, 5.41) is 3.75. The normalized spacial score (nSPS) is 21.3. The van der Waals surface area contributed by atoms with E-state index in [2.05, 4.69) is 15.1 Å². The molecule has 1 aromatic carbocycles. The Morgan fingerprint density at radius 1 is 1.13 bits per heavy atom. The zero-order valence-corrected chi connectivity index (χ0v) is 11.9. The molecule has 3 rings (SSSR count). The molecule has 2 aromatic rings. The van der Waals surface area contributed by atoms with Crippen molar-refractivity contribution >= 4 is 5.97 Å². The first-order chi connectivity index (χ1) is 10.9. The Bertz CT molecular complexity index is 762. The fraction of sp³-hybridized carbons (Fsp3) is 0.267. The van der Waals surface area contributed by atoms with Gasteiger partial charge in [-0.05, 0) is 12.1 Å². The number of rotatable bonds is 2. The second-order valence-corrected chi connectivity index (χ2v) is 5.14. The van der Waals surface area contributed by atoms with Crippen molar-refractivity contribution < 1.29 is 22.1 Å². The minimum Gasteiger partial charge on any atom is -0.338 e. The molecule has 1 aliphatic rings. The topological polar surface area (TPSA) is 51.3 Å². The third-order valence-electron chi connectivity index (χ3n) is 3.60. The van der Waals surface area contributed by atoms with Crippen molar-refractivity contribution in [3.05, 3.63) is 48.0 Å². The lowest BCUT2D eigenvalue weighted by Gasteiger charge is -2.16. The molecule has 0 aliphatic carbocycles. The smallest absolute Gasteiger partial charge is 0.338 e. The summed E-state index contributed by atoms with van der Waals surface area (Å²) in [5.41, 5.74) is -0.373. The van der Waals surface area contributed by atoms with E-state index in [1.165, 1.54) is 18.3 Å². The molecule has 1 aliphatic heterocycles. The first kappa shape index (κ1) is 15.4. The van der Waals surface area contributed by atoms with Crippen LogP contribution in [0, 0.1) is 5.92 Å². The number of nitrogens with zero attached hydrogens (tertiary/aromatic N) is 3. The second kappa shape index (κ2) is 5.60. The van der Waals surface area contributed by atoms with Crippen LogP contribution in [-0.4, -0.2) is 16.1 Å². The SMILES string of the molecule is CC1C(F)=NC=CC1c1nc(-c2ccc(C(F)(F)F)cc2)no1. The number of benzene rings is 1. The van der Waals surface area contributed by atoms with E-state index in [9.17, 15) is 17.6 Å². The summed E-state index contributed by atoms with van der Waals surface area (Å²) in [4.78, 5) is 7.71. The van der Waals surface area contributed by atoms with Gasteiger partial charge in [0.2, 0.25) is 11.7 Å². The van der Waals surface area contributed by atoms with Gasteiger partial charge in [-0.15, -0.1) is 0 Å². The van der Waals surface area contributed by atoms with Crippen LogP contribution >= 0.6 is 0 Å². The Labute approximate surface area is 128 Å². The standard InChI is InChI=1S/C15H11F4N3O/c1-8-11(6-7-20-12(8)16)14-21-13(22-23-14)9-2-4-10(5-3-9)15(17,18)19/h2-8,11H,1H3. The van der Waals surface area contributed by atoms with E-state index >= 15 is 0 Å². The largest absolute Gasteiger partial charge is 0.416 e. The van der Waals surface area contributed by atoms with E-state index in [1.54, 1.807) is 13.0 Å². The van der Waals surface area contributed by atoms with Gasteiger partial charge >= 0.3 is 6.18 Å². The fourth-order valence-electron chi connectivity index (χ4n) is 2.23.